The number of ether oxygens (including phenoxy) is 1. The number of hydrogen-bond donors (Lipinski definition) is 3. The van der Waals surface area contributed by atoms with E-state index in [1.807, 2.05) is 0 Å². The molecule has 0 amide bonds. The van der Waals surface area contributed by atoms with Crippen molar-refractivity contribution in [2.75, 3.05) is 19.0 Å². The number of rotatable bonds is 7. The molecule has 3 N–H and O–H groups in total. The largest absolute Gasteiger partial charge is 0.497 e. The number of hydrogen-bond acceptors (Lipinski definition) is 4. The number of carboxylic acid groups (broad SMARTS) is 2. The molecule has 0 aliphatic heterocycles. The van der Waals surface area contributed by atoms with Gasteiger partial charge in [0.25, 0.3) is 0 Å². The lowest BCUT2D eigenvalue weighted by molar-refractivity contribution is -0.147. The van der Waals surface area contributed by atoms with Crippen LogP contribution in [0.5, 0.6) is 5.75 Å². The smallest absolute Gasteiger partial charge is 0.308 e. The van der Waals surface area contributed by atoms with Crippen molar-refractivity contribution in [1.82, 2.24) is 0 Å². The molecule has 0 aliphatic carbocycles. The lowest BCUT2D eigenvalue weighted by atomic mass is 10.1. The molecule has 0 saturated carbocycles. The second-order valence-electron chi connectivity index (χ2n) is 3.74. The second-order valence-corrected chi connectivity index (χ2v) is 3.74. The van der Waals surface area contributed by atoms with Crippen molar-refractivity contribution in [3.63, 3.8) is 0 Å². The first-order chi connectivity index (χ1) is 8.52. The lowest BCUT2D eigenvalue weighted by Crippen LogP contribution is -2.25. The van der Waals surface area contributed by atoms with Crippen molar-refractivity contribution in [2.24, 2.45) is 5.92 Å². The van der Waals surface area contributed by atoms with E-state index in [4.69, 9.17) is 14.9 Å². The van der Waals surface area contributed by atoms with Crippen LogP contribution in [0.4, 0.5) is 5.69 Å². The molecule has 0 bridgehead atoms. The average Bonchev–Trinajstić information content (AvgIpc) is 2.34. The van der Waals surface area contributed by atoms with E-state index in [9.17, 15) is 9.59 Å². The molecule has 0 aromatic heterocycles. The number of methoxy groups -OCH3 is 1. The zero-order valence-corrected chi connectivity index (χ0v) is 9.92. The van der Waals surface area contributed by atoms with E-state index < -0.39 is 24.3 Å². The maximum absolute atomic E-state index is 10.8. The summed E-state index contributed by atoms with van der Waals surface area (Å²) in [6.45, 7) is 0.0635. The van der Waals surface area contributed by atoms with Gasteiger partial charge in [0, 0.05) is 12.2 Å². The van der Waals surface area contributed by atoms with Gasteiger partial charge in [0.15, 0.2) is 0 Å². The summed E-state index contributed by atoms with van der Waals surface area (Å²) >= 11 is 0. The summed E-state index contributed by atoms with van der Waals surface area (Å²) in [7, 11) is 1.55. The van der Waals surface area contributed by atoms with Gasteiger partial charge in [-0.3, -0.25) is 9.59 Å². The van der Waals surface area contributed by atoms with Crippen molar-refractivity contribution in [2.45, 2.75) is 6.42 Å². The summed E-state index contributed by atoms with van der Waals surface area (Å²) in [5, 5.41) is 20.3. The normalized spacial score (nSPS) is 11.6. The standard InChI is InChI=1S/C12H15NO5/c1-18-10-4-2-9(3-5-10)13-7-8(12(16)17)6-11(14)15/h2-5,8,13H,6-7H2,1H3,(H,14,15)(H,16,17)/t8-/m1/s1. The van der Waals surface area contributed by atoms with E-state index in [0.717, 1.165) is 0 Å². The molecule has 6 nitrogen and oxygen atoms in total. The van der Waals surface area contributed by atoms with Crippen LogP contribution in [0, 0.1) is 5.92 Å². The summed E-state index contributed by atoms with van der Waals surface area (Å²) in [4.78, 5) is 21.3. The van der Waals surface area contributed by atoms with Crippen molar-refractivity contribution in [3.05, 3.63) is 24.3 Å². The maximum atomic E-state index is 10.8. The maximum Gasteiger partial charge on any atom is 0.308 e. The average molecular weight is 253 g/mol. The number of nitrogens with one attached hydrogen (secondary N) is 1. The molecule has 1 aromatic rings. The summed E-state index contributed by atoms with van der Waals surface area (Å²) in [5.74, 6) is -2.51. The summed E-state index contributed by atoms with van der Waals surface area (Å²) < 4.78 is 4.99. The van der Waals surface area contributed by atoms with Crippen LogP contribution in [0.3, 0.4) is 0 Å². The van der Waals surface area contributed by atoms with E-state index in [1.165, 1.54) is 0 Å². The van der Waals surface area contributed by atoms with E-state index >= 15 is 0 Å². The summed E-state index contributed by atoms with van der Waals surface area (Å²) in [6.07, 6.45) is -0.404. The molecule has 0 aliphatic rings. The van der Waals surface area contributed by atoms with Gasteiger partial charge >= 0.3 is 11.9 Å². The quantitative estimate of drug-likeness (QED) is 0.677. The Hall–Kier alpha value is -2.24. The van der Waals surface area contributed by atoms with Crippen LogP contribution < -0.4 is 10.1 Å². The highest BCUT2D eigenvalue weighted by Crippen LogP contribution is 2.15. The molecule has 0 saturated heterocycles. The molecular formula is C12H15NO5. The molecule has 1 rings (SSSR count). The van der Waals surface area contributed by atoms with Gasteiger partial charge in [-0.05, 0) is 24.3 Å². The molecule has 6 heteroatoms. The summed E-state index contributed by atoms with van der Waals surface area (Å²) in [6, 6.07) is 6.93. The van der Waals surface area contributed by atoms with Crippen molar-refractivity contribution in [3.8, 4) is 5.75 Å². The molecule has 18 heavy (non-hydrogen) atoms. The predicted molar refractivity (Wildman–Crippen MR) is 64.9 cm³/mol. The fourth-order valence-corrected chi connectivity index (χ4v) is 1.41. The van der Waals surface area contributed by atoms with Gasteiger partial charge in [-0.2, -0.15) is 0 Å². The molecule has 1 aromatic carbocycles. The van der Waals surface area contributed by atoms with Gasteiger partial charge in [0.1, 0.15) is 5.75 Å². The van der Waals surface area contributed by atoms with Crippen LogP contribution in [-0.2, 0) is 9.59 Å². The molecule has 0 radical (unpaired) electrons. The SMILES string of the molecule is COc1ccc(NC[C@@H](CC(=O)O)C(=O)O)cc1. The van der Waals surface area contributed by atoms with Gasteiger partial charge in [0.2, 0.25) is 0 Å². The lowest BCUT2D eigenvalue weighted by Gasteiger charge is -2.12. The zero-order chi connectivity index (χ0) is 13.5. The topological polar surface area (TPSA) is 95.9 Å². The minimum Gasteiger partial charge on any atom is -0.497 e. The van der Waals surface area contributed by atoms with Crippen LogP contribution in [-0.4, -0.2) is 35.8 Å². The van der Waals surface area contributed by atoms with Crippen LogP contribution in [0.15, 0.2) is 24.3 Å². The Balaban J connectivity index is 2.55. The Morgan fingerprint density at radius 3 is 2.33 bits per heavy atom. The molecule has 98 valence electrons. The van der Waals surface area contributed by atoms with Crippen LogP contribution >= 0.6 is 0 Å². The van der Waals surface area contributed by atoms with Crippen molar-refractivity contribution < 1.29 is 24.5 Å². The Bertz CT molecular complexity index is 415. The molecule has 0 spiro atoms. The molecule has 0 unspecified atom stereocenters. The minimum absolute atomic E-state index is 0.0635. The van der Waals surface area contributed by atoms with Gasteiger partial charge < -0.3 is 20.3 Å². The first-order valence-corrected chi connectivity index (χ1v) is 5.35. The zero-order valence-electron chi connectivity index (χ0n) is 9.92. The number of benzene rings is 1. The minimum atomic E-state index is -1.13. The van der Waals surface area contributed by atoms with Crippen LogP contribution in [0.25, 0.3) is 0 Å². The molecule has 1 atom stereocenters. The monoisotopic (exact) mass is 253 g/mol. The van der Waals surface area contributed by atoms with E-state index in [-0.39, 0.29) is 6.54 Å². The van der Waals surface area contributed by atoms with Gasteiger partial charge in [0.05, 0.1) is 19.4 Å². The fraction of sp³-hybridized carbons (Fsp3) is 0.333. The highest BCUT2D eigenvalue weighted by atomic mass is 16.5. The van der Waals surface area contributed by atoms with E-state index in [2.05, 4.69) is 5.32 Å². The van der Waals surface area contributed by atoms with Crippen LogP contribution in [0.2, 0.25) is 0 Å². The molecule has 0 heterocycles. The van der Waals surface area contributed by atoms with Gasteiger partial charge in [-0.15, -0.1) is 0 Å². The Morgan fingerprint density at radius 2 is 1.89 bits per heavy atom. The highest BCUT2D eigenvalue weighted by Gasteiger charge is 2.20. The number of aliphatic carboxylic acids is 2. The third-order valence-corrected chi connectivity index (χ3v) is 2.41. The van der Waals surface area contributed by atoms with Gasteiger partial charge in [-0.1, -0.05) is 0 Å². The van der Waals surface area contributed by atoms with Crippen molar-refractivity contribution in [1.29, 1.82) is 0 Å². The molecule has 0 fully saturated rings. The first kappa shape index (κ1) is 13.8. The summed E-state index contributed by atoms with van der Waals surface area (Å²) in [5.41, 5.74) is 0.715. The van der Waals surface area contributed by atoms with Crippen molar-refractivity contribution >= 4 is 17.6 Å². The van der Waals surface area contributed by atoms with Crippen LogP contribution in [0.1, 0.15) is 6.42 Å². The third-order valence-electron chi connectivity index (χ3n) is 2.41. The Morgan fingerprint density at radius 1 is 1.28 bits per heavy atom. The second kappa shape index (κ2) is 6.48. The third kappa shape index (κ3) is 4.32. The fourth-order valence-electron chi connectivity index (χ4n) is 1.41. The van der Waals surface area contributed by atoms with Gasteiger partial charge in [-0.25, -0.2) is 0 Å². The predicted octanol–water partition coefficient (Wildman–Crippen LogP) is 1.28. The number of carboxylic acids is 2. The first-order valence-electron chi connectivity index (χ1n) is 5.35. The number of carbonyl (C=O) groups is 2. The van der Waals surface area contributed by atoms with E-state index in [1.54, 1.807) is 31.4 Å². The highest BCUT2D eigenvalue weighted by molar-refractivity contribution is 5.78. The Labute approximate surface area is 104 Å². The number of anilines is 1. The Kier molecular flexibility index (Phi) is 4.98. The van der Waals surface area contributed by atoms with E-state index in [0.29, 0.717) is 11.4 Å². The molecular weight excluding hydrogens is 238 g/mol.